The van der Waals surface area contributed by atoms with Crippen LogP contribution in [0.25, 0.3) is 10.9 Å². The zero-order chi connectivity index (χ0) is 12.4. The van der Waals surface area contributed by atoms with Gasteiger partial charge < -0.3 is 10.2 Å². The first-order valence-electron chi connectivity index (χ1n) is 6.57. The van der Waals surface area contributed by atoms with Crippen LogP contribution in [-0.4, -0.2) is 36.1 Å². The van der Waals surface area contributed by atoms with Gasteiger partial charge in [0.25, 0.3) is 0 Å². The summed E-state index contributed by atoms with van der Waals surface area (Å²) < 4.78 is 0. The standard InChI is InChI=1S/C15H19N3/c1-18-9-7-14(11-18)17-10-13-5-2-4-12-6-3-8-16-15(12)13/h2-6,8,14,17H,7,9-11H2,1H3. The summed E-state index contributed by atoms with van der Waals surface area (Å²) in [7, 11) is 2.18. The van der Waals surface area contributed by atoms with E-state index in [2.05, 4.69) is 46.5 Å². The average molecular weight is 241 g/mol. The number of nitrogens with zero attached hydrogens (tertiary/aromatic N) is 2. The molecule has 1 unspecified atom stereocenters. The smallest absolute Gasteiger partial charge is 0.0746 e. The second kappa shape index (κ2) is 5.04. The maximum absolute atomic E-state index is 4.49. The molecule has 2 heterocycles. The molecular formula is C15H19N3. The number of benzene rings is 1. The highest BCUT2D eigenvalue weighted by Crippen LogP contribution is 2.16. The van der Waals surface area contributed by atoms with Crippen LogP contribution in [0.5, 0.6) is 0 Å². The van der Waals surface area contributed by atoms with Crippen molar-refractivity contribution in [1.82, 2.24) is 15.2 Å². The number of hydrogen-bond acceptors (Lipinski definition) is 3. The summed E-state index contributed by atoms with van der Waals surface area (Å²) in [4.78, 5) is 6.86. The van der Waals surface area contributed by atoms with Gasteiger partial charge in [-0.05, 0) is 31.6 Å². The van der Waals surface area contributed by atoms with Crippen molar-refractivity contribution in [1.29, 1.82) is 0 Å². The van der Waals surface area contributed by atoms with E-state index in [1.807, 2.05) is 12.3 Å². The summed E-state index contributed by atoms with van der Waals surface area (Å²) in [6, 6.07) is 11.1. The van der Waals surface area contributed by atoms with E-state index < -0.39 is 0 Å². The number of rotatable bonds is 3. The number of likely N-dealkylation sites (N-methyl/N-ethyl adjacent to an activating group) is 1. The molecule has 0 radical (unpaired) electrons. The molecule has 3 nitrogen and oxygen atoms in total. The van der Waals surface area contributed by atoms with E-state index in [1.54, 1.807) is 0 Å². The normalized spacial score (nSPS) is 20.6. The van der Waals surface area contributed by atoms with Gasteiger partial charge >= 0.3 is 0 Å². The van der Waals surface area contributed by atoms with Gasteiger partial charge in [-0.1, -0.05) is 24.3 Å². The lowest BCUT2D eigenvalue weighted by molar-refractivity contribution is 0.398. The molecule has 1 fully saturated rings. The van der Waals surface area contributed by atoms with Gasteiger partial charge in [0.1, 0.15) is 0 Å². The lowest BCUT2D eigenvalue weighted by Gasteiger charge is -2.13. The minimum absolute atomic E-state index is 0.619. The van der Waals surface area contributed by atoms with Crippen molar-refractivity contribution in [3.05, 3.63) is 42.1 Å². The third-order valence-electron chi connectivity index (χ3n) is 3.69. The molecule has 1 aromatic carbocycles. The Labute approximate surface area is 108 Å². The minimum Gasteiger partial charge on any atom is -0.309 e. The van der Waals surface area contributed by atoms with Crippen LogP contribution in [0.3, 0.4) is 0 Å². The quantitative estimate of drug-likeness (QED) is 0.891. The number of aromatic nitrogens is 1. The second-order valence-corrected chi connectivity index (χ2v) is 5.12. The Morgan fingerprint density at radius 3 is 3.06 bits per heavy atom. The van der Waals surface area contributed by atoms with Crippen molar-refractivity contribution in [2.45, 2.75) is 19.0 Å². The van der Waals surface area contributed by atoms with Crippen molar-refractivity contribution >= 4 is 10.9 Å². The lowest BCUT2D eigenvalue weighted by Crippen LogP contribution is -2.31. The molecule has 3 heteroatoms. The van der Waals surface area contributed by atoms with Gasteiger partial charge in [0, 0.05) is 30.7 Å². The lowest BCUT2D eigenvalue weighted by atomic mass is 10.1. The number of hydrogen-bond donors (Lipinski definition) is 1. The predicted octanol–water partition coefficient (Wildman–Crippen LogP) is 2.03. The number of likely N-dealkylation sites (tertiary alicyclic amines) is 1. The molecular weight excluding hydrogens is 222 g/mol. The van der Waals surface area contributed by atoms with Crippen LogP contribution < -0.4 is 5.32 Å². The largest absolute Gasteiger partial charge is 0.309 e. The summed E-state index contributed by atoms with van der Waals surface area (Å²) in [6.07, 6.45) is 3.11. The topological polar surface area (TPSA) is 28.2 Å². The molecule has 2 aromatic rings. The van der Waals surface area contributed by atoms with Gasteiger partial charge in [0.15, 0.2) is 0 Å². The van der Waals surface area contributed by atoms with Crippen molar-refractivity contribution in [3.8, 4) is 0 Å². The Bertz CT molecular complexity index is 533. The maximum Gasteiger partial charge on any atom is 0.0746 e. The van der Waals surface area contributed by atoms with Gasteiger partial charge in [0.05, 0.1) is 5.52 Å². The molecule has 0 bridgehead atoms. The molecule has 0 spiro atoms. The van der Waals surface area contributed by atoms with Gasteiger partial charge in [-0.2, -0.15) is 0 Å². The fraction of sp³-hybridized carbons (Fsp3) is 0.400. The molecule has 1 atom stereocenters. The highest BCUT2D eigenvalue weighted by atomic mass is 15.2. The molecule has 1 saturated heterocycles. The van der Waals surface area contributed by atoms with Crippen molar-refractivity contribution in [3.63, 3.8) is 0 Å². The van der Waals surface area contributed by atoms with Gasteiger partial charge in [-0.25, -0.2) is 0 Å². The molecule has 1 aliphatic rings. The fourth-order valence-corrected chi connectivity index (χ4v) is 2.67. The van der Waals surface area contributed by atoms with E-state index in [4.69, 9.17) is 0 Å². The van der Waals surface area contributed by atoms with Crippen LogP contribution in [0.2, 0.25) is 0 Å². The van der Waals surface area contributed by atoms with Crippen LogP contribution in [-0.2, 0) is 6.54 Å². The molecule has 18 heavy (non-hydrogen) atoms. The third kappa shape index (κ3) is 2.37. The summed E-state index contributed by atoms with van der Waals surface area (Å²) in [5.74, 6) is 0. The number of pyridine rings is 1. The average Bonchev–Trinajstić information content (AvgIpc) is 2.82. The Hall–Kier alpha value is -1.45. The van der Waals surface area contributed by atoms with Gasteiger partial charge in [-0.15, -0.1) is 0 Å². The monoisotopic (exact) mass is 241 g/mol. The molecule has 1 aliphatic heterocycles. The summed E-state index contributed by atoms with van der Waals surface area (Å²) in [6.45, 7) is 3.26. The zero-order valence-corrected chi connectivity index (χ0v) is 10.8. The Morgan fingerprint density at radius 1 is 1.33 bits per heavy atom. The van der Waals surface area contributed by atoms with Crippen LogP contribution in [0.1, 0.15) is 12.0 Å². The first-order valence-corrected chi connectivity index (χ1v) is 6.57. The zero-order valence-electron chi connectivity index (χ0n) is 10.8. The second-order valence-electron chi connectivity index (χ2n) is 5.12. The van der Waals surface area contributed by atoms with Gasteiger partial charge in [0.2, 0.25) is 0 Å². The fourth-order valence-electron chi connectivity index (χ4n) is 2.67. The number of fused-ring (bicyclic) bond motifs is 1. The molecule has 1 N–H and O–H groups in total. The van der Waals surface area contributed by atoms with Crippen LogP contribution in [0, 0.1) is 0 Å². The van der Waals surface area contributed by atoms with Crippen LogP contribution in [0.4, 0.5) is 0 Å². The molecule has 0 saturated carbocycles. The summed E-state index contributed by atoms with van der Waals surface area (Å²) in [5, 5.41) is 4.86. The van der Waals surface area contributed by atoms with Crippen LogP contribution >= 0.6 is 0 Å². The van der Waals surface area contributed by atoms with E-state index in [9.17, 15) is 0 Å². The molecule has 0 aliphatic carbocycles. The predicted molar refractivity (Wildman–Crippen MR) is 74.5 cm³/mol. The summed E-state index contributed by atoms with van der Waals surface area (Å²) in [5.41, 5.74) is 2.42. The first kappa shape index (κ1) is 11.6. The third-order valence-corrected chi connectivity index (χ3v) is 3.69. The SMILES string of the molecule is CN1CCC(NCc2cccc3cccnc23)C1. The van der Waals surface area contributed by atoms with E-state index in [0.29, 0.717) is 6.04 Å². The van der Waals surface area contributed by atoms with Crippen molar-refractivity contribution < 1.29 is 0 Å². The highest BCUT2D eigenvalue weighted by Gasteiger charge is 2.18. The number of para-hydroxylation sites is 1. The maximum atomic E-state index is 4.49. The van der Waals surface area contributed by atoms with E-state index in [-0.39, 0.29) is 0 Å². The van der Waals surface area contributed by atoms with E-state index in [0.717, 1.165) is 18.6 Å². The van der Waals surface area contributed by atoms with Gasteiger partial charge in [-0.3, -0.25) is 4.98 Å². The Kier molecular flexibility index (Phi) is 3.26. The Morgan fingerprint density at radius 2 is 2.22 bits per heavy atom. The molecule has 94 valence electrons. The van der Waals surface area contributed by atoms with Crippen LogP contribution in [0.15, 0.2) is 36.5 Å². The summed E-state index contributed by atoms with van der Waals surface area (Å²) >= 11 is 0. The highest BCUT2D eigenvalue weighted by molar-refractivity contribution is 5.81. The number of nitrogens with one attached hydrogen (secondary N) is 1. The van der Waals surface area contributed by atoms with Crippen molar-refractivity contribution in [2.24, 2.45) is 0 Å². The first-order chi connectivity index (χ1) is 8.83. The van der Waals surface area contributed by atoms with E-state index >= 15 is 0 Å². The molecule has 1 aromatic heterocycles. The molecule has 3 rings (SSSR count). The minimum atomic E-state index is 0.619. The van der Waals surface area contributed by atoms with Crippen molar-refractivity contribution in [2.75, 3.05) is 20.1 Å². The molecule has 0 amide bonds. The van der Waals surface area contributed by atoms with E-state index in [1.165, 1.54) is 23.9 Å². The Balaban J connectivity index is 1.74.